The topological polar surface area (TPSA) is 107 Å². The predicted molar refractivity (Wildman–Crippen MR) is 211 cm³/mol. The van der Waals surface area contributed by atoms with Crippen molar-refractivity contribution in [1.29, 1.82) is 0 Å². The van der Waals surface area contributed by atoms with Crippen molar-refractivity contribution in [3.8, 4) is 5.75 Å². The predicted octanol–water partition coefficient (Wildman–Crippen LogP) is 8.92. The summed E-state index contributed by atoms with van der Waals surface area (Å²) < 4.78 is 0.679. The van der Waals surface area contributed by atoms with Gasteiger partial charge in [-0.2, -0.15) is 0 Å². The fourth-order valence-electron chi connectivity index (χ4n) is 9.48. The van der Waals surface area contributed by atoms with Crippen LogP contribution in [-0.4, -0.2) is 28.7 Å². The Balaban J connectivity index is 1.17. The third-order valence-electron chi connectivity index (χ3n) is 11.7. The normalized spacial score (nSPS) is 26.0. The first kappa shape index (κ1) is 34.3. The van der Waals surface area contributed by atoms with E-state index in [1.54, 1.807) is 54.6 Å². The molecule has 6 atom stereocenters. The van der Waals surface area contributed by atoms with Gasteiger partial charge in [0, 0.05) is 32.4 Å². The molecule has 0 radical (unpaired) electrons. The van der Waals surface area contributed by atoms with Crippen LogP contribution in [-0.2, 0) is 24.6 Å². The van der Waals surface area contributed by atoms with Crippen LogP contribution in [0.3, 0.4) is 0 Å². The molecule has 0 aromatic heterocycles. The maximum Gasteiger partial charge on any atom is 0.246 e. The van der Waals surface area contributed by atoms with E-state index in [9.17, 15) is 19.5 Å². The van der Waals surface area contributed by atoms with E-state index in [0.717, 1.165) is 16.9 Å². The first-order valence-electron chi connectivity index (χ1n) is 17.9. The number of allylic oxidation sites excluding steroid dienone is 2. The second-order valence-corrected chi connectivity index (χ2v) is 15.7. The lowest BCUT2D eigenvalue weighted by molar-refractivity contribution is -0.127. The minimum atomic E-state index is -1.49. The molecule has 6 unspecified atom stereocenters. The molecule has 54 heavy (non-hydrogen) atoms. The Hall–Kier alpha value is -5.51. The average molecular weight is 799 g/mol. The van der Waals surface area contributed by atoms with Crippen molar-refractivity contribution in [3.05, 3.63) is 160 Å². The van der Waals surface area contributed by atoms with Gasteiger partial charge < -0.3 is 10.4 Å². The summed E-state index contributed by atoms with van der Waals surface area (Å²) in [5.74, 6) is -5.28. The number of carbonyl (C=O) groups is 4. The number of fused-ring (bicyclic) bond motifs is 4. The number of anilines is 4. The Morgan fingerprint density at radius 2 is 1.41 bits per heavy atom. The Morgan fingerprint density at radius 3 is 2.13 bits per heavy atom. The van der Waals surface area contributed by atoms with Gasteiger partial charge >= 0.3 is 0 Å². The van der Waals surface area contributed by atoms with Gasteiger partial charge in [0.05, 0.1) is 34.5 Å². The van der Waals surface area contributed by atoms with E-state index in [4.69, 9.17) is 11.6 Å². The van der Waals surface area contributed by atoms with Crippen LogP contribution in [0.2, 0.25) is 5.02 Å². The summed E-state index contributed by atoms with van der Waals surface area (Å²) in [6.07, 6.45) is 2.41. The van der Waals surface area contributed by atoms with Crippen molar-refractivity contribution in [2.75, 3.05) is 15.1 Å². The third kappa shape index (κ3) is 5.16. The van der Waals surface area contributed by atoms with Crippen molar-refractivity contribution < 1.29 is 24.3 Å². The molecule has 0 bridgehead atoms. The van der Waals surface area contributed by atoms with Crippen LogP contribution in [0.25, 0.3) is 0 Å². The largest absolute Gasteiger partial charge is 0.508 e. The summed E-state index contributed by atoms with van der Waals surface area (Å²) in [6, 6.07) is 37.9. The highest BCUT2D eigenvalue weighted by Crippen LogP contribution is 2.65. The molecule has 8 nitrogen and oxygen atoms in total. The van der Waals surface area contributed by atoms with Gasteiger partial charge in [-0.1, -0.05) is 93.8 Å². The number of imide groups is 2. The van der Waals surface area contributed by atoms with Crippen molar-refractivity contribution in [1.82, 2.24) is 0 Å². The lowest BCUT2D eigenvalue weighted by Crippen LogP contribution is -2.53. The van der Waals surface area contributed by atoms with Gasteiger partial charge in [0.25, 0.3) is 0 Å². The number of nitrogens with one attached hydrogen (secondary N) is 1. The SMILES string of the molecule is O=C1C2CC=C3C(CC4C(=O)N(c5cccc(Cl)c5)C(=O)C4(c4ccccc4)C3c3cc(Br)ccc3O)C2C(=O)N1c1ccc(Nc2ccccc2)cc1. The molecule has 2 heterocycles. The number of phenols is 1. The maximum absolute atomic E-state index is 15.4. The van der Waals surface area contributed by atoms with E-state index in [-0.39, 0.29) is 30.4 Å². The van der Waals surface area contributed by atoms with E-state index < -0.39 is 46.8 Å². The van der Waals surface area contributed by atoms with Gasteiger partial charge in [-0.25, -0.2) is 4.90 Å². The number of benzene rings is 5. The molecule has 4 amide bonds. The fraction of sp³-hybridized carbons (Fsp3) is 0.182. The van der Waals surface area contributed by atoms with Gasteiger partial charge in [-0.05, 0) is 97.1 Å². The van der Waals surface area contributed by atoms with Gasteiger partial charge in [0.2, 0.25) is 23.6 Å². The average Bonchev–Trinajstić information content (AvgIpc) is 3.57. The highest BCUT2D eigenvalue weighted by atomic mass is 79.9. The number of para-hydroxylation sites is 1. The lowest BCUT2D eigenvalue weighted by Gasteiger charge is -2.50. The Bertz CT molecular complexity index is 2390. The molecule has 0 spiro atoms. The minimum absolute atomic E-state index is 0.0398. The number of halogens is 2. The van der Waals surface area contributed by atoms with Crippen molar-refractivity contribution in [2.45, 2.75) is 24.2 Å². The van der Waals surface area contributed by atoms with Crippen LogP contribution in [0.5, 0.6) is 5.75 Å². The van der Waals surface area contributed by atoms with Gasteiger partial charge in [-0.3, -0.25) is 24.1 Å². The number of aromatic hydroxyl groups is 1. The van der Waals surface area contributed by atoms with E-state index in [2.05, 4.69) is 21.2 Å². The highest BCUT2D eigenvalue weighted by molar-refractivity contribution is 9.10. The van der Waals surface area contributed by atoms with Gasteiger partial charge in [0.1, 0.15) is 5.75 Å². The van der Waals surface area contributed by atoms with E-state index in [1.807, 2.05) is 78.9 Å². The number of amides is 4. The number of nitrogens with zero attached hydrogens (tertiary/aromatic N) is 2. The molecule has 2 aliphatic carbocycles. The zero-order valence-corrected chi connectivity index (χ0v) is 31.1. The van der Waals surface area contributed by atoms with E-state index in [0.29, 0.717) is 32.0 Å². The molecule has 2 aliphatic heterocycles. The molecule has 10 heteroatoms. The summed E-state index contributed by atoms with van der Waals surface area (Å²) in [5.41, 5.74) is 2.89. The number of phenolic OH excluding ortho intramolecular Hbond substituents is 1. The summed E-state index contributed by atoms with van der Waals surface area (Å²) in [5, 5.41) is 15.3. The highest BCUT2D eigenvalue weighted by Gasteiger charge is 2.70. The molecule has 1 saturated carbocycles. The first-order chi connectivity index (χ1) is 26.2. The number of carbonyl (C=O) groups excluding carboxylic acids is 4. The van der Waals surface area contributed by atoms with Crippen LogP contribution < -0.4 is 15.1 Å². The Labute approximate surface area is 325 Å². The zero-order chi connectivity index (χ0) is 37.3. The first-order valence-corrected chi connectivity index (χ1v) is 19.0. The Kier molecular flexibility index (Phi) is 8.32. The molecule has 3 fully saturated rings. The minimum Gasteiger partial charge on any atom is -0.508 e. The molecule has 2 N–H and O–H groups in total. The molecule has 9 rings (SSSR count). The van der Waals surface area contributed by atoms with Crippen LogP contribution in [0.15, 0.2) is 144 Å². The van der Waals surface area contributed by atoms with Gasteiger partial charge in [0.15, 0.2) is 0 Å². The number of rotatable bonds is 6. The monoisotopic (exact) mass is 797 g/mol. The summed E-state index contributed by atoms with van der Waals surface area (Å²) in [6.45, 7) is 0. The van der Waals surface area contributed by atoms with Gasteiger partial charge in [-0.15, -0.1) is 0 Å². The summed E-state index contributed by atoms with van der Waals surface area (Å²) in [7, 11) is 0. The van der Waals surface area contributed by atoms with E-state index in [1.165, 1.54) is 9.80 Å². The molecule has 2 saturated heterocycles. The van der Waals surface area contributed by atoms with Crippen molar-refractivity contribution in [3.63, 3.8) is 0 Å². The molecular formula is C44H33BrClN3O5. The van der Waals surface area contributed by atoms with Crippen LogP contribution in [0, 0.1) is 23.7 Å². The summed E-state index contributed by atoms with van der Waals surface area (Å²) in [4.78, 5) is 61.7. The number of hydrogen-bond acceptors (Lipinski definition) is 6. The molecule has 4 aliphatic rings. The standard InChI is InChI=1S/C44H33BrClN3O5/c45-26-14-21-37(50)35(22-26)39-32-19-20-33-38(42(53)48(40(33)51)30-17-15-29(16-18-30)47-28-11-5-2-6-12-28)34(32)24-36-41(52)49(31-13-7-10-27(46)23-31)43(54)44(36,39)25-8-3-1-4-9-25/h1-19,21-23,33-34,36,38-39,47,50H,20,24H2. The maximum atomic E-state index is 15.4. The second-order valence-electron chi connectivity index (χ2n) is 14.3. The van der Waals surface area contributed by atoms with E-state index >= 15 is 4.79 Å². The molecule has 5 aromatic rings. The molecule has 5 aromatic carbocycles. The third-order valence-corrected chi connectivity index (χ3v) is 12.4. The smallest absolute Gasteiger partial charge is 0.246 e. The fourth-order valence-corrected chi connectivity index (χ4v) is 10.0. The lowest BCUT2D eigenvalue weighted by atomic mass is 9.49. The Morgan fingerprint density at radius 1 is 0.704 bits per heavy atom. The summed E-state index contributed by atoms with van der Waals surface area (Å²) >= 11 is 9.99. The quantitative estimate of drug-likeness (QED) is 0.131. The van der Waals surface area contributed by atoms with Crippen LogP contribution >= 0.6 is 27.5 Å². The van der Waals surface area contributed by atoms with Crippen molar-refractivity contribution in [2.24, 2.45) is 23.7 Å². The van der Waals surface area contributed by atoms with Crippen molar-refractivity contribution >= 4 is 73.9 Å². The van der Waals surface area contributed by atoms with Crippen LogP contribution in [0.1, 0.15) is 29.9 Å². The molecule has 268 valence electrons. The zero-order valence-electron chi connectivity index (χ0n) is 28.7. The molecular weight excluding hydrogens is 766 g/mol. The van der Waals surface area contributed by atoms with Crippen LogP contribution in [0.4, 0.5) is 22.7 Å². The second kappa shape index (κ2) is 13.1. The number of hydrogen-bond donors (Lipinski definition) is 2.